The number of hydrogen-bond donors (Lipinski definition) is 3. The van der Waals surface area contributed by atoms with Crippen molar-refractivity contribution >= 4 is 17.6 Å². The van der Waals surface area contributed by atoms with Crippen LogP contribution in [0.25, 0.3) is 0 Å². The van der Waals surface area contributed by atoms with Gasteiger partial charge < -0.3 is 20.6 Å². The highest BCUT2D eigenvalue weighted by Crippen LogP contribution is 2.18. The van der Waals surface area contributed by atoms with Crippen molar-refractivity contribution in [2.45, 2.75) is 26.8 Å². The number of aliphatic hydroxyl groups excluding tert-OH is 1. The number of aryl methyl sites for hydroxylation is 1. The second-order valence-corrected chi connectivity index (χ2v) is 5.78. The van der Waals surface area contributed by atoms with E-state index >= 15 is 0 Å². The minimum absolute atomic E-state index is 0.00724. The molecule has 0 saturated heterocycles. The molecule has 0 radical (unpaired) electrons. The highest BCUT2D eigenvalue weighted by Gasteiger charge is 2.15. The van der Waals surface area contributed by atoms with Crippen LogP contribution in [0.15, 0.2) is 18.2 Å². The van der Waals surface area contributed by atoms with Gasteiger partial charge in [0.1, 0.15) is 0 Å². The van der Waals surface area contributed by atoms with Gasteiger partial charge in [0, 0.05) is 38.0 Å². The van der Waals surface area contributed by atoms with E-state index in [2.05, 4.69) is 10.6 Å². The van der Waals surface area contributed by atoms with Crippen LogP contribution in [0.5, 0.6) is 0 Å². The van der Waals surface area contributed by atoms with E-state index < -0.39 is 0 Å². The highest BCUT2D eigenvalue weighted by atomic mass is 16.3. The van der Waals surface area contributed by atoms with Crippen molar-refractivity contribution in [1.82, 2.24) is 10.2 Å². The Bertz CT molecular complexity index is 543. The third kappa shape index (κ3) is 4.73. The summed E-state index contributed by atoms with van der Waals surface area (Å²) in [5.41, 5.74) is 1.98. The predicted molar refractivity (Wildman–Crippen MR) is 87.1 cm³/mol. The molecule has 6 heteroatoms. The number of urea groups is 1. The first kappa shape index (κ1) is 18.0. The van der Waals surface area contributed by atoms with Crippen LogP contribution in [0.2, 0.25) is 0 Å². The van der Waals surface area contributed by atoms with Gasteiger partial charge in [-0.1, -0.05) is 13.0 Å². The average Bonchev–Trinajstić information content (AvgIpc) is 2.47. The van der Waals surface area contributed by atoms with Crippen molar-refractivity contribution in [3.63, 3.8) is 0 Å². The van der Waals surface area contributed by atoms with E-state index in [9.17, 15) is 9.59 Å². The highest BCUT2D eigenvalue weighted by molar-refractivity contribution is 5.97. The summed E-state index contributed by atoms with van der Waals surface area (Å²) in [6.45, 7) is 5.55. The molecule has 1 aromatic rings. The molecule has 3 N–H and O–H groups in total. The van der Waals surface area contributed by atoms with Crippen LogP contribution in [0.4, 0.5) is 10.5 Å². The predicted octanol–water partition coefficient (Wildman–Crippen LogP) is 1.84. The number of carbonyl (C=O) groups is 2. The van der Waals surface area contributed by atoms with E-state index in [1.165, 1.54) is 4.90 Å². The normalized spacial score (nSPS) is 13.2. The Morgan fingerprint density at radius 2 is 1.91 bits per heavy atom. The average molecular weight is 307 g/mol. The summed E-state index contributed by atoms with van der Waals surface area (Å²) in [6.07, 6.45) is 0. The Balaban J connectivity index is 2.82. The molecular weight excluding hydrogens is 282 g/mol. The monoisotopic (exact) mass is 307 g/mol. The molecule has 0 fully saturated rings. The third-order valence-electron chi connectivity index (χ3n) is 3.64. The summed E-state index contributed by atoms with van der Waals surface area (Å²) >= 11 is 0. The fourth-order valence-corrected chi connectivity index (χ4v) is 1.81. The lowest BCUT2D eigenvalue weighted by Crippen LogP contribution is -2.41. The van der Waals surface area contributed by atoms with Gasteiger partial charge in [-0.3, -0.25) is 4.79 Å². The molecule has 0 spiro atoms. The van der Waals surface area contributed by atoms with Gasteiger partial charge in [-0.25, -0.2) is 4.79 Å². The standard InChI is InChI=1S/C16H25N3O3/c1-10-6-7-13(15(21)19(4)5)8-14(10)18-16(22)17-12(3)11(2)9-20/h6-8,11-12,20H,9H2,1-5H3,(H2,17,18,22). The molecule has 6 nitrogen and oxygen atoms in total. The number of amides is 3. The maximum atomic E-state index is 12.0. The first-order chi connectivity index (χ1) is 10.3. The molecule has 22 heavy (non-hydrogen) atoms. The van der Waals surface area contributed by atoms with Crippen LogP contribution in [-0.4, -0.2) is 48.7 Å². The van der Waals surface area contributed by atoms with Crippen molar-refractivity contribution in [2.75, 3.05) is 26.0 Å². The lowest BCUT2D eigenvalue weighted by Gasteiger charge is -2.20. The van der Waals surface area contributed by atoms with Crippen molar-refractivity contribution in [3.8, 4) is 0 Å². The van der Waals surface area contributed by atoms with Crippen molar-refractivity contribution in [1.29, 1.82) is 0 Å². The maximum absolute atomic E-state index is 12.0. The molecule has 122 valence electrons. The minimum Gasteiger partial charge on any atom is -0.396 e. The van der Waals surface area contributed by atoms with E-state index in [1.807, 2.05) is 20.8 Å². The zero-order chi connectivity index (χ0) is 16.9. The van der Waals surface area contributed by atoms with E-state index in [0.717, 1.165) is 5.56 Å². The van der Waals surface area contributed by atoms with Crippen LogP contribution in [-0.2, 0) is 0 Å². The van der Waals surface area contributed by atoms with Crippen LogP contribution in [0.3, 0.4) is 0 Å². The second-order valence-electron chi connectivity index (χ2n) is 5.78. The summed E-state index contributed by atoms with van der Waals surface area (Å²) in [7, 11) is 3.36. The molecule has 3 amide bonds. The maximum Gasteiger partial charge on any atom is 0.319 e. The molecule has 0 aliphatic heterocycles. The quantitative estimate of drug-likeness (QED) is 0.776. The van der Waals surface area contributed by atoms with Crippen LogP contribution in [0.1, 0.15) is 29.8 Å². The lowest BCUT2D eigenvalue weighted by atomic mass is 10.1. The SMILES string of the molecule is Cc1ccc(C(=O)N(C)C)cc1NC(=O)NC(C)C(C)CO. The van der Waals surface area contributed by atoms with Gasteiger partial charge in [0.05, 0.1) is 0 Å². The van der Waals surface area contributed by atoms with Crippen LogP contribution in [0, 0.1) is 12.8 Å². The number of nitrogens with one attached hydrogen (secondary N) is 2. The van der Waals surface area contributed by atoms with Crippen molar-refractivity contribution in [3.05, 3.63) is 29.3 Å². The number of hydrogen-bond acceptors (Lipinski definition) is 3. The summed E-state index contributed by atoms with van der Waals surface area (Å²) in [6, 6.07) is 4.68. The molecule has 0 aromatic heterocycles. The van der Waals surface area contributed by atoms with E-state index in [-0.39, 0.29) is 30.5 Å². The molecule has 2 unspecified atom stereocenters. The number of anilines is 1. The fourth-order valence-electron chi connectivity index (χ4n) is 1.81. The Hall–Kier alpha value is -2.08. The lowest BCUT2D eigenvalue weighted by molar-refractivity contribution is 0.0827. The van der Waals surface area contributed by atoms with E-state index in [0.29, 0.717) is 11.3 Å². The van der Waals surface area contributed by atoms with Gasteiger partial charge in [-0.15, -0.1) is 0 Å². The molecule has 2 atom stereocenters. The summed E-state index contributed by atoms with van der Waals surface area (Å²) < 4.78 is 0. The number of carbonyl (C=O) groups excluding carboxylic acids is 2. The van der Waals surface area contributed by atoms with Gasteiger partial charge in [0.15, 0.2) is 0 Å². The fraction of sp³-hybridized carbons (Fsp3) is 0.500. The first-order valence-electron chi connectivity index (χ1n) is 7.27. The number of aliphatic hydroxyl groups is 1. The van der Waals surface area contributed by atoms with E-state index in [4.69, 9.17) is 5.11 Å². The molecule has 0 aliphatic carbocycles. The molecule has 0 heterocycles. The van der Waals surface area contributed by atoms with E-state index in [1.54, 1.807) is 32.3 Å². The Morgan fingerprint density at radius 3 is 2.45 bits per heavy atom. The molecule has 0 bridgehead atoms. The summed E-state index contributed by atoms with van der Waals surface area (Å²) in [5.74, 6) is -0.153. The molecule has 1 rings (SSSR count). The largest absolute Gasteiger partial charge is 0.396 e. The smallest absolute Gasteiger partial charge is 0.319 e. The topological polar surface area (TPSA) is 81.7 Å². The number of rotatable bonds is 5. The van der Waals surface area contributed by atoms with Gasteiger partial charge in [0.2, 0.25) is 0 Å². The van der Waals surface area contributed by atoms with Crippen LogP contribution < -0.4 is 10.6 Å². The van der Waals surface area contributed by atoms with Gasteiger partial charge in [-0.05, 0) is 37.5 Å². The minimum atomic E-state index is -0.356. The second kappa shape index (κ2) is 7.79. The molecule has 1 aromatic carbocycles. The zero-order valence-electron chi connectivity index (χ0n) is 13.8. The van der Waals surface area contributed by atoms with Gasteiger partial charge >= 0.3 is 6.03 Å². The Labute approximate surface area is 131 Å². The van der Waals surface area contributed by atoms with Gasteiger partial charge in [-0.2, -0.15) is 0 Å². The molecule has 0 aliphatic rings. The van der Waals surface area contributed by atoms with Crippen LogP contribution >= 0.6 is 0 Å². The summed E-state index contributed by atoms with van der Waals surface area (Å²) in [5, 5.41) is 14.6. The summed E-state index contributed by atoms with van der Waals surface area (Å²) in [4.78, 5) is 25.5. The first-order valence-corrected chi connectivity index (χ1v) is 7.27. The Morgan fingerprint density at radius 1 is 1.27 bits per heavy atom. The number of benzene rings is 1. The van der Waals surface area contributed by atoms with Gasteiger partial charge in [0.25, 0.3) is 5.91 Å². The molecular formula is C16H25N3O3. The third-order valence-corrected chi connectivity index (χ3v) is 3.64. The Kier molecular flexibility index (Phi) is 6.37. The van der Waals surface area contributed by atoms with Crippen molar-refractivity contribution in [2.24, 2.45) is 5.92 Å². The zero-order valence-corrected chi connectivity index (χ0v) is 13.8. The molecule has 0 saturated carbocycles. The number of nitrogens with zero attached hydrogens (tertiary/aromatic N) is 1. The van der Waals surface area contributed by atoms with Crippen molar-refractivity contribution < 1.29 is 14.7 Å².